The maximum absolute atomic E-state index is 12.8. The zero-order valence-electron chi connectivity index (χ0n) is 15.4. The largest absolute Gasteiger partial charge is 0.478 e. The molecule has 0 spiro atoms. The van der Waals surface area contributed by atoms with Crippen molar-refractivity contribution in [3.8, 4) is 5.69 Å². The summed E-state index contributed by atoms with van der Waals surface area (Å²) in [6.07, 6.45) is 4.51. The molecule has 1 saturated heterocycles. The van der Waals surface area contributed by atoms with Gasteiger partial charge in [0.05, 0.1) is 18.4 Å². The molecule has 0 aliphatic carbocycles. The van der Waals surface area contributed by atoms with Gasteiger partial charge in [-0.3, -0.25) is 19.8 Å². The van der Waals surface area contributed by atoms with E-state index in [2.05, 4.69) is 5.32 Å². The molecule has 0 atom stereocenters. The topological polar surface area (TPSA) is 122 Å². The first-order valence-corrected chi connectivity index (χ1v) is 8.86. The Morgan fingerprint density at radius 1 is 1.07 bits per heavy atom. The third-order valence-electron chi connectivity index (χ3n) is 4.54. The van der Waals surface area contributed by atoms with Gasteiger partial charge in [-0.15, -0.1) is 0 Å². The van der Waals surface area contributed by atoms with Gasteiger partial charge in [-0.05, 0) is 54.6 Å². The summed E-state index contributed by atoms with van der Waals surface area (Å²) in [6, 6.07) is 12.0. The molecule has 9 heteroatoms. The van der Waals surface area contributed by atoms with Crippen LogP contribution in [0.5, 0.6) is 0 Å². The Morgan fingerprint density at radius 3 is 2.50 bits per heavy atom. The Morgan fingerprint density at radius 2 is 1.83 bits per heavy atom. The molecule has 3 aromatic rings. The number of nitrogens with one attached hydrogen (secondary N) is 1. The number of barbiturate groups is 1. The molecule has 0 radical (unpaired) electrons. The van der Waals surface area contributed by atoms with E-state index in [-0.39, 0.29) is 17.7 Å². The molecule has 30 heavy (non-hydrogen) atoms. The van der Waals surface area contributed by atoms with Crippen molar-refractivity contribution in [2.75, 3.05) is 0 Å². The van der Waals surface area contributed by atoms with Crippen LogP contribution in [0.1, 0.15) is 21.8 Å². The van der Waals surface area contributed by atoms with E-state index >= 15 is 0 Å². The Balaban J connectivity index is 1.66. The highest BCUT2D eigenvalue weighted by Crippen LogP contribution is 2.20. The van der Waals surface area contributed by atoms with Crippen molar-refractivity contribution in [2.24, 2.45) is 0 Å². The van der Waals surface area contributed by atoms with Crippen LogP contribution in [0.3, 0.4) is 0 Å². The van der Waals surface area contributed by atoms with E-state index in [0.29, 0.717) is 17.1 Å². The first-order chi connectivity index (χ1) is 14.4. The molecule has 1 aliphatic rings. The van der Waals surface area contributed by atoms with Crippen LogP contribution in [0.25, 0.3) is 11.8 Å². The number of urea groups is 1. The lowest BCUT2D eigenvalue weighted by molar-refractivity contribution is -0.130. The third kappa shape index (κ3) is 3.51. The van der Waals surface area contributed by atoms with E-state index in [4.69, 9.17) is 9.52 Å². The summed E-state index contributed by atoms with van der Waals surface area (Å²) in [5, 5.41) is 11.2. The van der Waals surface area contributed by atoms with Crippen molar-refractivity contribution < 1.29 is 28.7 Å². The Hall–Kier alpha value is -4.40. The molecule has 2 N–H and O–H groups in total. The predicted octanol–water partition coefficient (Wildman–Crippen LogP) is 2.43. The van der Waals surface area contributed by atoms with Crippen molar-refractivity contribution in [2.45, 2.75) is 6.54 Å². The quantitative estimate of drug-likeness (QED) is 0.497. The molecule has 9 nitrogen and oxygen atoms in total. The number of aromatic nitrogens is 1. The Bertz CT molecular complexity index is 1170. The number of carboxylic acid groups (broad SMARTS) is 1. The normalized spacial score (nSPS) is 15.5. The Labute approximate surface area is 169 Å². The van der Waals surface area contributed by atoms with E-state index in [0.717, 1.165) is 4.90 Å². The molecule has 150 valence electrons. The monoisotopic (exact) mass is 405 g/mol. The standard InChI is InChI=1S/C21H15N3O6/c25-18-17(19(26)24(21(29)22-18)12-16-4-2-10-30-16)11-15-3-1-9-23(15)14-7-5-13(6-8-14)20(27)28/h1-11H,12H2,(H,27,28)(H,22,25,29). The smallest absolute Gasteiger partial charge is 0.335 e. The van der Waals surface area contributed by atoms with Crippen LogP contribution >= 0.6 is 0 Å². The highest BCUT2D eigenvalue weighted by Gasteiger charge is 2.36. The molecule has 1 aliphatic heterocycles. The second-order valence-corrected chi connectivity index (χ2v) is 6.44. The average Bonchev–Trinajstić information content (AvgIpc) is 3.40. The van der Waals surface area contributed by atoms with Gasteiger partial charge in [-0.2, -0.15) is 0 Å². The predicted molar refractivity (Wildman–Crippen MR) is 104 cm³/mol. The van der Waals surface area contributed by atoms with Gasteiger partial charge >= 0.3 is 12.0 Å². The van der Waals surface area contributed by atoms with E-state index in [1.807, 2.05) is 0 Å². The van der Waals surface area contributed by atoms with Gasteiger partial charge in [0.2, 0.25) is 0 Å². The number of benzene rings is 1. The maximum Gasteiger partial charge on any atom is 0.335 e. The SMILES string of the molecule is O=C1NC(=O)N(Cc2ccco2)C(=O)C1=Cc1cccn1-c1ccc(C(=O)O)cc1. The van der Waals surface area contributed by atoms with Gasteiger partial charge in [0, 0.05) is 17.6 Å². The average molecular weight is 405 g/mol. The number of aromatic carboxylic acids is 1. The van der Waals surface area contributed by atoms with Crippen molar-refractivity contribution in [1.29, 1.82) is 0 Å². The number of nitrogens with zero attached hydrogens (tertiary/aromatic N) is 2. The summed E-state index contributed by atoms with van der Waals surface area (Å²) in [5.74, 6) is -2.18. The van der Waals surface area contributed by atoms with Gasteiger partial charge in [0.25, 0.3) is 11.8 Å². The zero-order valence-corrected chi connectivity index (χ0v) is 15.4. The lowest BCUT2D eigenvalue weighted by Crippen LogP contribution is -2.53. The lowest BCUT2D eigenvalue weighted by atomic mass is 10.1. The van der Waals surface area contributed by atoms with Gasteiger partial charge < -0.3 is 14.1 Å². The van der Waals surface area contributed by atoms with Crippen molar-refractivity contribution in [3.05, 3.63) is 83.6 Å². The van der Waals surface area contributed by atoms with Crippen LogP contribution in [0.2, 0.25) is 0 Å². The number of hydrogen-bond donors (Lipinski definition) is 2. The minimum atomic E-state index is -1.04. The maximum atomic E-state index is 12.8. The summed E-state index contributed by atoms with van der Waals surface area (Å²) < 4.78 is 6.87. The van der Waals surface area contributed by atoms with Crippen LogP contribution in [0.4, 0.5) is 4.79 Å². The van der Waals surface area contributed by atoms with Crippen molar-refractivity contribution in [3.63, 3.8) is 0 Å². The second kappa shape index (κ2) is 7.55. The first-order valence-electron chi connectivity index (χ1n) is 8.86. The summed E-state index contributed by atoms with van der Waals surface area (Å²) in [5.41, 5.74) is 1.08. The lowest BCUT2D eigenvalue weighted by Gasteiger charge is -2.25. The van der Waals surface area contributed by atoms with E-state index < -0.39 is 23.8 Å². The molecular formula is C21H15N3O6. The number of imide groups is 2. The molecule has 0 bridgehead atoms. The van der Waals surface area contributed by atoms with Gasteiger partial charge in [-0.25, -0.2) is 9.59 Å². The highest BCUT2D eigenvalue weighted by atomic mass is 16.4. The summed E-state index contributed by atoms with van der Waals surface area (Å²) in [6.45, 7) is -0.111. The molecule has 0 saturated carbocycles. The number of carbonyl (C=O) groups is 4. The molecule has 1 fully saturated rings. The van der Waals surface area contributed by atoms with E-state index in [1.54, 1.807) is 47.2 Å². The number of carboxylic acids is 1. The van der Waals surface area contributed by atoms with Gasteiger partial charge in [0.1, 0.15) is 11.3 Å². The molecule has 0 unspecified atom stereocenters. The van der Waals surface area contributed by atoms with Crippen LogP contribution < -0.4 is 5.32 Å². The van der Waals surface area contributed by atoms with Crippen LogP contribution in [0, 0.1) is 0 Å². The third-order valence-corrected chi connectivity index (χ3v) is 4.54. The fraction of sp³-hybridized carbons (Fsp3) is 0.0476. The molecule has 3 heterocycles. The summed E-state index contributed by atoms with van der Waals surface area (Å²) in [4.78, 5) is 49.2. The highest BCUT2D eigenvalue weighted by molar-refractivity contribution is 6.30. The Kier molecular flexibility index (Phi) is 4.77. The minimum absolute atomic E-state index is 0.111. The van der Waals surface area contributed by atoms with Crippen LogP contribution in [-0.4, -0.2) is 38.4 Å². The van der Waals surface area contributed by atoms with Gasteiger partial charge in [0.15, 0.2) is 0 Å². The number of rotatable bonds is 5. The zero-order chi connectivity index (χ0) is 21.3. The van der Waals surface area contributed by atoms with E-state index in [9.17, 15) is 19.2 Å². The van der Waals surface area contributed by atoms with E-state index in [1.165, 1.54) is 24.5 Å². The van der Waals surface area contributed by atoms with Crippen LogP contribution in [0.15, 0.2) is 71.0 Å². The van der Waals surface area contributed by atoms with Crippen LogP contribution in [-0.2, 0) is 16.1 Å². The second-order valence-electron chi connectivity index (χ2n) is 6.44. The van der Waals surface area contributed by atoms with Gasteiger partial charge in [-0.1, -0.05) is 0 Å². The fourth-order valence-electron chi connectivity index (χ4n) is 3.06. The molecule has 1 aromatic carbocycles. The molecule has 4 rings (SSSR count). The minimum Gasteiger partial charge on any atom is -0.478 e. The summed E-state index contributed by atoms with van der Waals surface area (Å²) >= 11 is 0. The molecule has 4 amide bonds. The number of amides is 4. The molecule has 2 aromatic heterocycles. The van der Waals surface area contributed by atoms with Crippen molar-refractivity contribution in [1.82, 2.24) is 14.8 Å². The van der Waals surface area contributed by atoms with Crippen molar-refractivity contribution >= 4 is 29.9 Å². The number of hydrogen-bond acceptors (Lipinski definition) is 5. The fourth-order valence-corrected chi connectivity index (χ4v) is 3.06. The number of furan rings is 1. The molecular weight excluding hydrogens is 390 g/mol. The number of carbonyl (C=O) groups excluding carboxylic acids is 3. The summed E-state index contributed by atoms with van der Waals surface area (Å²) in [7, 11) is 0. The first kappa shape index (κ1) is 18.9.